The standard InChI is InChI=1S/C16H33N4O/c1-15(17-7-6-12-21)13-20-11-10-19(14-20)9-5-8-18-16(2,3)4/h10-11,14-15,17-18,21H,5-9,12-13H2,1-4H3/q+1. The van der Waals surface area contributed by atoms with Crippen LogP contribution in [0.1, 0.15) is 40.5 Å². The highest BCUT2D eigenvalue weighted by molar-refractivity contribution is 4.71. The minimum absolute atomic E-state index is 0.201. The van der Waals surface area contributed by atoms with Crippen LogP contribution in [0.15, 0.2) is 18.7 Å². The Kier molecular flexibility index (Phi) is 7.93. The number of nitrogens with one attached hydrogen (secondary N) is 2. The molecule has 0 spiro atoms. The Morgan fingerprint density at radius 3 is 2.67 bits per heavy atom. The first-order valence-corrected chi connectivity index (χ1v) is 8.05. The molecule has 0 bridgehead atoms. The molecule has 1 rings (SSSR count). The average Bonchev–Trinajstić information content (AvgIpc) is 2.81. The molecule has 1 aromatic heterocycles. The monoisotopic (exact) mass is 297 g/mol. The molecule has 0 aliphatic carbocycles. The van der Waals surface area contributed by atoms with E-state index in [1.165, 1.54) is 0 Å². The van der Waals surface area contributed by atoms with Crippen LogP contribution in [0.5, 0.6) is 0 Å². The molecule has 1 aromatic rings. The number of aliphatic hydroxyl groups excluding tert-OH is 1. The summed E-state index contributed by atoms with van der Waals surface area (Å²) in [6.07, 6.45) is 8.38. The Bertz CT molecular complexity index is 384. The van der Waals surface area contributed by atoms with E-state index >= 15 is 0 Å². The van der Waals surface area contributed by atoms with Crippen molar-refractivity contribution < 1.29 is 9.67 Å². The van der Waals surface area contributed by atoms with Gasteiger partial charge in [-0.3, -0.25) is 0 Å². The number of imidazole rings is 1. The highest BCUT2D eigenvalue weighted by Crippen LogP contribution is 1.98. The Balaban J connectivity index is 2.23. The van der Waals surface area contributed by atoms with Crippen molar-refractivity contribution in [3.05, 3.63) is 18.7 Å². The third-order valence-electron chi connectivity index (χ3n) is 3.31. The molecule has 3 N–H and O–H groups in total. The fraction of sp³-hybridized carbons (Fsp3) is 0.812. The van der Waals surface area contributed by atoms with Crippen molar-refractivity contribution in [3.63, 3.8) is 0 Å². The molecule has 0 aliphatic rings. The number of aromatic nitrogens is 2. The second-order valence-corrected chi connectivity index (χ2v) is 6.81. The third kappa shape index (κ3) is 8.86. The van der Waals surface area contributed by atoms with Crippen LogP contribution >= 0.6 is 0 Å². The van der Waals surface area contributed by atoms with Gasteiger partial charge in [0.1, 0.15) is 18.9 Å². The van der Waals surface area contributed by atoms with E-state index in [9.17, 15) is 0 Å². The fourth-order valence-electron chi connectivity index (χ4n) is 2.21. The zero-order valence-electron chi connectivity index (χ0n) is 14.1. The molecule has 0 amide bonds. The zero-order chi connectivity index (χ0) is 15.7. The topological polar surface area (TPSA) is 53.1 Å². The fourth-order valence-corrected chi connectivity index (χ4v) is 2.21. The molecule has 1 atom stereocenters. The van der Waals surface area contributed by atoms with E-state index in [-0.39, 0.29) is 12.1 Å². The lowest BCUT2D eigenvalue weighted by Gasteiger charge is -2.19. The van der Waals surface area contributed by atoms with E-state index in [2.05, 4.69) is 66.2 Å². The zero-order valence-corrected chi connectivity index (χ0v) is 14.1. The van der Waals surface area contributed by atoms with E-state index < -0.39 is 0 Å². The predicted molar refractivity (Wildman–Crippen MR) is 86.2 cm³/mol. The second kappa shape index (κ2) is 9.18. The van der Waals surface area contributed by atoms with Crippen LogP contribution in [-0.2, 0) is 13.1 Å². The number of hydrogen-bond donors (Lipinski definition) is 3. The number of hydrogen-bond acceptors (Lipinski definition) is 3. The lowest BCUT2D eigenvalue weighted by molar-refractivity contribution is -0.698. The normalized spacial score (nSPS) is 13.6. The molecule has 0 fully saturated rings. The van der Waals surface area contributed by atoms with Crippen molar-refractivity contribution in [2.24, 2.45) is 0 Å². The largest absolute Gasteiger partial charge is 0.396 e. The number of rotatable bonds is 10. The molecular weight excluding hydrogens is 264 g/mol. The van der Waals surface area contributed by atoms with Crippen molar-refractivity contribution in [2.75, 3.05) is 19.7 Å². The van der Waals surface area contributed by atoms with Crippen molar-refractivity contribution in [1.29, 1.82) is 0 Å². The third-order valence-corrected chi connectivity index (χ3v) is 3.31. The molecule has 0 saturated carbocycles. The Labute approximate surface area is 129 Å². The molecular formula is C16H33N4O+. The van der Waals surface area contributed by atoms with Crippen molar-refractivity contribution in [1.82, 2.24) is 15.2 Å². The van der Waals surface area contributed by atoms with Gasteiger partial charge in [0.15, 0.2) is 0 Å². The molecule has 0 aliphatic heterocycles. The maximum Gasteiger partial charge on any atom is 0.243 e. The van der Waals surface area contributed by atoms with Crippen LogP contribution in [0, 0.1) is 0 Å². The van der Waals surface area contributed by atoms with Crippen LogP contribution in [-0.4, -0.2) is 41.0 Å². The van der Waals surface area contributed by atoms with Gasteiger partial charge in [-0.25, -0.2) is 9.13 Å². The van der Waals surface area contributed by atoms with E-state index in [4.69, 9.17) is 5.11 Å². The summed E-state index contributed by atoms with van der Waals surface area (Å²) in [5.41, 5.74) is 0.201. The maximum atomic E-state index is 8.77. The molecule has 5 nitrogen and oxygen atoms in total. The summed E-state index contributed by atoms with van der Waals surface area (Å²) in [6, 6.07) is 0.417. The SMILES string of the molecule is CC(C[n+]1ccn(CCCNC(C)(C)C)c1)NCCCO. The van der Waals surface area contributed by atoms with Crippen LogP contribution < -0.4 is 15.2 Å². The van der Waals surface area contributed by atoms with Crippen molar-refractivity contribution in [3.8, 4) is 0 Å². The van der Waals surface area contributed by atoms with Crippen LogP contribution in [0.25, 0.3) is 0 Å². The van der Waals surface area contributed by atoms with Gasteiger partial charge in [0.25, 0.3) is 0 Å². The maximum absolute atomic E-state index is 8.77. The molecule has 0 radical (unpaired) electrons. The van der Waals surface area contributed by atoms with Gasteiger partial charge in [-0.05, 0) is 53.6 Å². The first kappa shape index (κ1) is 18.1. The number of aliphatic hydroxyl groups is 1. The lowest BCUT2D eigenvalue weighted by atomic mass is 10.1. The Morgan fingerprint density at radius 2 is 2.00 bits per heavy atom. The predicted octanol–water partition coefficient (Wildman–Crippen LogP) is 0.914. The Morgan fingerprint density at radius 1 is 1.24 bits per heavy atom. The van der Waals surface area contributed by atoms with E-state index in [1.54, 1.807) is 0 Å². The summed E-state index contributed by atoms with van der Waals surface area (Å²) in [4.78, 5) is 0. The van der Waals surface area contributed by atoms with Gasteiger partial charge in [0, 0.05) is 18.2 Å². The first-order valence-electron chi connectivity index (χ1n) is 8.05. The first-order chi connectivity index (χ1) is 9.90. The van der Waals surface area contributed by atoms with Crippen molar-refractivity contribution in [2.45, 2.75) is 65.2 Å². The summed E-state index contributed by atoms with van der Waals surface area (Å²) in [6.45, 7) is 12.9. The van der Waals surface area contributed by atoms with Gasteiger partial charge in [-0.15, -0.1) is 0 Å². The van der Waals surface area contributed by atoms with E-state index in [0.717, 1.165) is 39.0 Å². The Hall–Kier alpha value is -0.910. The summed E-state index contributed by atoms with van der Waals surface area (Å²) in [5.74, 6) is 0. The number of aryl methyl sites for hydroxylation is 1. The highest BCUT2D eigenvalue weighted by Gasteiger charge is 2.10. The van der Waals surface area contributed by atoms with Crippen LogP contribution in [0.4, 0.5) is 0 Å². The molecule has 5 heteroatoms. The molecule has 122 valence electrons. The lowest BCUT2D eigenvalue weighted by Crippen LogP contribution is -2.43. The van der Waals surface area contributed by atoms with Gasteiger partial charge >= 0.3 is 0 Å². The molecule has 1 heterocycles. The van der Waals surface area contributed by atoms with E-state index in [0.29, 0.717) is 6.04 Å². The minimum atomic E-state index is 0.201. The number of nitrogens with zero attached hydrogens (tertiary/aromatic N) is 2. The smallest absolute Gasteiger partial charge is 0.243 e. The second-order valence-electron chi connectivity index (χ2n) is 6.81. The quantitative estimate of drug-likeness (QED) is 0.444. The summed E-state index contributed by atoms with van der Waals surface area (Å²) in [7, 11) is 0. The van der Waals surface area contributed by atoms with Gasteiger partial charge in [0.05, 0.1) is 6.54 Å². The minimum Gasteiger partial charge on any atom is -0.396 e. The molecule has 1 unspecified atom stereocenters. The average molecular weight is 297 g/mol. The van der Waals surface area contributed by atoms with Gasteiger partial charge < -0.3 is 15.7 Å². The summed E-state index contributed by atoms with van der Waals surface area (Å²) >= 11 is 0. The summed E-state index contributed by atoms with van der Waals surface area (Å²) in [5, 5.41) is 15.7. The molecule has 21 heavy (non-hydrogen) atoms. The van der Waals surface area contributed by atoms with Gasteiger partial charge in [0.2, 0.25) is 6.33 Å². The summed E-state index contributed by atoms with van der Waals surface area (Å²) < 4.78 is 4.46. The van der Waals surface area contributed by atoms with Crippen LogP contribution in [0.3, 0.4) is 0 Å². The molecule has 0 saturated heterocycles. The van der Waals surface area contributed by atoms with E-state index in [1.807, 2.05) is 0 Å². The highest BCUT2D eigenvalue weighted by atomic mass is 16.3. The van der Waals surface area contributed by atoms with Gasteiger partial charge in [-0.2, -0.15) is 0 Å². The molecule has 0 aromatic carbocycles. The van der Waals surface area contributed by atoms with Gasteiger partial charge in [-0.1, -0.05) is 0 Å². The van der Waals surface area contributed by atoms with Crippen LogP contribution in [0.2, 0.25) is 0 Å². The van der Waals surface area contributed by atoms with Crippen molar-refractivity contribution >= 4 is 0 Å².